The van der Waals surface area contributed by atoms with Gasteiger partial charge in [0, 0.05) is 24.0 Å². The lowest BCUT2D eigenvalue weighted by atomic mass is 10.0. The molecule has 2 aliphatic heterocycles. The van der Waals surface area contributed by atoms with E-state index in [0.717, 1.165) is 73.0 Å². The van der Waals surface area contributed by atoms with Crippen LogP contribution in [-0.2, 0) is 11.2 Å². The summed E-state index contributed by atoms with van der Waals surface area (Å²) in [6.07, 6.45) is 5.61. The van der Waals surface area contributed by atoms with Crippen LogP contribution in [0.25, 0.3) is 16.9 Å². The topological polar surface area (TPSA) is 75.0 Å². The number of pyridine rings is 1. The number of rotatable bonds is 6. The quantitative estimate of drug-likeness (QED) is 0.409. The Morgan fingerprint density at radius 1 is 1.03 bits per heavy atom. The third-order valence-corrected chi connectivity index (χ3v) is 7.26. The third-order valence-electron chi connectivity index (χ3n) is 7.26. The molecule has 2 aliphatic rings. The predicted octanol–water partition coefficient (Wildman–Crippen LogP) is 4.91. The molecule has 1 amide bonds. The average Bonchev–Trinajstić information content (AvgIpc) is 3.52. The number of aromatic nitrogens is 3. The van der Waals surface area contributed by atoms with E-state index in [-0.39, 0.29) is 5.91 Å². The fourth-order valence-corrected chi connectivity index (χ4v) is 5.13. The second-order valence-corrected chi connectivity index (χ2v) is 9.85. The minimum atomic E-state index is 0.113. The van der Waals surface area contributed by atoms with Crippen LogP contribution in [0.2, 0.25) is 0 Å². The summed E-state index contributed by atoms with van der Waals surface area (Å²) in [5.74, 6) is 1.62. The number of likely N-dealkylation sites (N-methyl/N-ethyl adjacent to an activating group) is 1. The monoisotopic (exact) mass is 496 g/mol. The number of carbonyl (C=O) groups is 1. The van der Waals surface area contributed by atoms with E-state index in [0.29, 0.717) is 12.5 Å². The zero-order chi connectivity index (χ0) is 25.2. The van der Waals surface area contributed by atoms with Gasteiger partial charge < -0.3 is 15.0 Å². The summed E-state index contributed by atoms with van der Waals surface area (Å²) in [5, 5.41) is 8.06. The van der Waals surface area contributed by atoms with E-state index >= 15 is 0 Å². The number of aryl methyl sites for hydroxylation is 1. The van der Waals surface area contributed by atoms with Gasteiger partial charge >= 0.3 is 0 Å². The molecule has 0 unspecified atom stereocenters. The van der Waals surface area contributed by atoms with Crippen molar-refractivity contribution in [2.24, 2.45) is 0 Å². The van der Waals surface area contributed by atoms with Gasteiger partial charge in [-0.25, -0.2) is 4.52 Å². The molecule has 4 heterocycles. The Balaban J connectivity index is 1.19. The van der Waals surface area contributed by atoms with Crippen LogP contribution >= 0.6 is 0 Å². The smallest absolute Gasteiger partial charge is 0.247 e. The molecular formula is C29H32N6O2. The van der Waals surface area contributed by atoms with Crippen LogP contribution < -0.4 is 15.0 Å². The zero-order valence-corrected chi connectivity index (χ0v) is 21.2. The molecule has 6 rings (SSSR count). The first-order chi connectivity index (χ1) is 18.1. The highest BCUT2D eigenvalue weighted by Crippen LogP contribution is 2.30. The highest BCUT2D eigenvalue weighted by molar-refractivity contribution is 5.94. The molecule has 1 saturated heterocycles. The molecule has 8 nitrogen and oxygen atoms in total. The SMILES string of the molecule is CN(C(=O)CN1CCCC1)c1ccc(Nc2nc3cccc(-c4ccc5c(c4)CCCCO5)n3n2)cc1. The van der Waals surface area contributed by atoms with Gasteiger partial charge in [0.05, 0.1) is 18.8 Å². The zero-order valence-electron chi connectivity index (χ0n) is 21.2. The van der Waals surface area contributed by atoms with E-state index in [1.54, 1.807) is 4.90 Å². The van der Waals surface area contributed by atoms with Gasteiger partial charge in [-0.1, -0.05) is 6.07 Å². The van der Waals surface area contributed by atoms with Gasteiger partial charge in [0.1, 0.15) is 5.75 Å². The van der Waals surface area contributed by atoms with Crippen molar-refractivity contribution in [3.63, 3.8) is 0 Å². The van der Waals surface area contributed by atoms with Crippen molar-refractivity contribution in [1.29, 1.82) is 0 Å². The van der Waals surface area contributed by atoms with Crippen molar-refractivity contribution in [2.45, 2.75) is 32.1 Å². The van der Waals surface area contributed by atoms with Crippen LogP contribution in [0, 0.1) is 0 Å². The number of nitrogens with zero attached hydrogens (tertiary/aromatic N) is 5. The van der Waals surface area contributed by atoms with Gasteiger partial charge in [0.25, 0.3) is 0 Å². The molecule has 8 heteroatoms. The molecular weight excluding hydrogens is 464 g/mol. The number of anilines is 3. The largest absolute Gasteiger partial charge is 0.493 e. The number of fused-ring (bicyclic) bond motifs is 2. The molecule has 0 saturated carbocycles. The molecule has 0 spiro atoms. The first-order valence-electron chi connectivity index (χ1n) is 13.1. The van der Waals surface area contributed by atoms with Crippen molar-refractivity contribution >= 4 is 28.9 Å². The Hall–Kier alpha value is -3.91. The molecule has 2 aromatic carbocycles. The molecule has 190 valence electrons. The molecule has 0 aliphatic carbocycles. The predicted molar refractivity (Wildman–Crippen MR) is 146 cm³/mol. The second kappa shape index (κ2) is 10.2. The lowest BCUT2D eigenvalue weighted by Gasteiger charge is -2.21. The first kappa shape index (κ1) is 23.5. The van der Waals surface area contributed by atoms with Crippen LogP contribution in [0.1, 0.15) is 31.2 Å². The summed E-state index contributed by atoms with van der Waals surface area (Å²) in [5.41, 5.74) is 5.83. The number of likely N-dealkylation sites (tertiary alicyclic amines) is 1. The van der Waals surface area contributed by atoms with Crippen molar-refractivity contribution in [3.8, 4) is 17.0 Å². The Morgan fingerprint density at radius 2 is 1.86 bits per heavy atom. The summed E-state index contributed by atoms with van der Waals surface area (Å²) < 4.78 is 7.77. The van der Waals surface area contributed by atoms with Gasteiger partial charge in [0.15, 0.2) is 5.65 Å². The normalized spacial score (nSPS) is 15.7. The van der Waals surface area contributed by atoms with E-state index in [9.17, 15) is 4.79 Å². The van der Waals surface area contributed by atoms with Gasteiger partial charge in [-0.15, -0.1) is 5.10 Å². The fraction of sp³-hybridized carbons (Fsp3) is 0.345. The summed E-state index contributed by atoms with van der Waals surface area (Å²) in [6, 6.07) is 20.2. The second-order valence-electron chi connectivity index (χ2n) is 9.85. The maximum atomic E-state index is 12.7. The van der Waals surface area contributed by atoms with Crippen LogP contribution in [0.3, 0.4) is 0 Å². The number of hydrogen-bond donors (Lipinski definition) is 1. The lowest BCUT2D eigenvalue weighted by molar-refractivity contribution is -0.119. The van der Waals surface area contributed by atoms with Gasteiger partial charge in [-0.3, -0.25) is 9.69 Å². The molecule has 1 fully saturated rings. The van der Waals surface area contributed by atoms with Crippen molar-refractivity contribution in [1.82, 2.24) is 19.5 Å². The number of benzene rings is 2. The number of ether oxygens (including phenoxy) is 1. The van der Waals surface area contributed by atoms with E-state index in [4.69, 9.17) is 9.84 Å². The minimum Gasteiger partial charge on any atom is -0.493 e. The molecule has 0 atom stereocenters. The highest BCUT2D eigenvalue weighted by Gasteiger charge is 2.19. The minimum absolute atomic E-state index is 0.113. The van der Waals surface area contributed by atoms with E-state index < -0.39 is 0 Å². The number of nitrogens with one attached hydrogen (secondary N) is 1. The summed E-state index contributed by atoms with van der Waals surface area (Å²) >= 11 is 0. The molecule has 0 radical (unpaired) electrons. The summed E-state index contributed by atoms with van der Waals surface area (Å²) in [6.45, 7) is 3.28. The van der Waals surface area contributed by atoms with Crippen LogP contribution in [-0.4, -0.2) is 58.7 Å². The highest BCUT2D eigenvalue weighted by atomic mass is 16.5. The van der Waals surface area contributed by atoms with Gasteiger partial charge in [0.2, 0.25) is 11.9 Å². The number of hydrogen-bond acceptors (Lipinski definition) is 6. The van der Waals surface area contributed by atoms with E-state index in [1.165, 1.54) is 18.4 Å². The number of amides is 1. The fourth-order valence-electron chi connectivity index (χ4n) is 5.13. The number of carbonyl (C=O) groups excluding carboxylic acids is 1. The molecule has 2 aromatic heterocycles. The molecule has 4 aromatic rings. The maximum Gasteiger partial charge on any atom is 0.247 e. The standard InChI is InChI=1S/C29H32N6O2/c1-33(28(36)20-34-16-3-4-17-34)24-13-11-23(12-14-24)30-29-31-27-9-6-8-25(35(27)32-29)21-10-15-26-22(19-21)7-2-5-18-37-26/h6,8-15,19H,2-5,7,16-18,20H2,1H3,(H,30,32). The van der Waals surface area contributed by atoms with Crippen LogP contribution in [0.4, 0.5) is 17.3 Å². The van der Waals surface area contributed by atoms with Crippen molar-refractivity contribution < 1.29 is 9.53 Å². The summed E-state index contributed by atoms with van der Waals surface area (Å²) in [4.78, 5) is 21.3. The lowest BCUT2D eigenvalue weighted by Crippen LogP contribution is -2.37. The van der Waals surface area contributed by atoms with Gasteiger partial charge in [-0.05, 0) is 105 Å². The molecule has 0 bridgehead atoms. The van der Waals surface area contributed by atoms with Crippen molar-refractivity contribution in [2.75, 3.05) is 43.5 Å². The molecule has 37 heavy (non-hydrogen) atoms. The van der Waals surface area contributed by atoms with Crippen LogP contribution in [0.15, 0.2) is 60.7 Å². The van der Waals surface area contributed by atoms with Crippen molar-refractivity contribution in [3.05, 3.63) is 66.2 Å². The Labute approximate surface area is 216 Å². The van der Waals surface area contributed by atoms with Crippen LogP contribution in [0.5, 0.6) is 5.75 Å². The van der Waals surface area contributed by atoms with Gasteiger partial charge in [-0.2, -0.15) is 4.98 Å². The Kier molecular flexibility index (Phi) is 6.49. The first-order valence-corrected chi connectivity index (χ1v) is 13.1. The Morgan fingerprint density at radius 3 is 2.70 bits per heavy atom. The summed E-state index contributed by atoms with van der Waals surface area (Å²) in [7, 11) is 1.83. The van der Waals surface area contributed by atoms with E-state index in [2.05, 4.69) is 39.5 Å². The maximum absolute atomic E-state index is 12.7. The average molecular weight is 497 g/mol. The molecule has 1 N–H and O–H groups in total. The van der Waals surface area contributed by atoms with E-state index in [1.807, 2.05) is 48.0 Å². The Bertz CT molecular complexity index is 1410. The third kappa shape index (κ3) is 5.02.